The normalized spacial score (nSPS) is 20.0. The van der Waals surface area contributed by atoms with Gasteiger partial charge in [0.05, 0.1) is 0 Å². The lowest BCUT2D eigenvalue weighted by Gasteiger charge is -2.29. The summed E-state index contributed by atoms with van der Waals surface area (Å²) in [5.41, 5.74) is 7.37. The molecule has 2 aromatic carbocycles. The highest BCUT2D eigenvalue weighted by atomic mass is 16.2. The zero-order chi connectivity index (χ0) is 16.3. The number of rotatable bonds is 5. The van der Waals surface area contributed by atoms with Gasteiger partial charge in [0, 0.05) is 12.6 Å². The molecule has 0 saturated carbocycles. The highest BCUT2D eigenvalue weighted by Crippen LogP contribution is 2.45. The van der Waals surface area contributed by atoms with Gasteiger partial charge in [-0.2, -0.15) is 0 Å². The Balaban J connectivity index is 2.16. The number of carbonyl (C=O) groups excluding carboxylic acids is 1. The first kappa shape index (κ1) is 15.8. The molecule has 2 N–H and O–H groups in total. The Kier molecular flexibility index (Phi) is 4.49. The van der Waals surface area contributed by atoms with Crippen molar-refractivity contribution in [2.45, 2.75) is 31.2 Å². The van der Waals surface area contributed by atoms with Crippen LogP contribution in [-0.2, 0) is 10.2 Å². The first-order valence-corrected chi connectivity index (χ1v) is 8.36. The number of hydrogen-bond donors (Lipinski definition) is 1. The molecule has 0 aliphatic carbocycles. The van der Waals surface area contributed by atoms with Crippen molar-refractivity contribution in [1.29, 1.82) is 0 Å². The fourth-order valence-electron chi connectivity index (χ4n) is 3.91. The van der Waals surface area contributed by atoms with Crippen molar-refractivity contribution in [3.05, 3.63) is 71.8 Å². The second kappa shape index (κ2) is 6.55. The van der Waals surface area contributed by atoms with Gasteiger partial charge >= 0.3 is 0 Å². The van der Waals surface area contributed by atoms with E-state index in [9.17, 15) is 4.79 Å². The maximum Gasteiger partial charge on any atom is 0.238 e. The van der Waals surface area contributed by atoms with E-state index in [-0.39, 0.29) is 11.9 Å². The molecule has 3 heteroatoms. The first-order chi connectivity index (χ1) is 11.2. The van der Waals surface area contributed by atoms with E-state index in [1.165, 1.54) is 0 Å². The predicted octanol–water partition coefficient (Wildman–Crippen LogP) is 2.94. The second-order valence-corrected chi connectivity index (χ2v) is 6.16. The van der Waals surface area contributed by atoms with Crippen LogP contribution < -0.4 is 5.73 Å². The molecule has 0 spiro atoms. The Morgan fingerprint density at radius 2 is 1.57 bits per heavy atom. The molecule has 3 nitrogen and oxygen atoms in total. The Morgan fingerprint density at radius 1 is 1.04 bits per heavy atom. The molecular formula is C20H24N2O. The maximum atomic E-state index is 13.4. The van der Waals surface area contributed by atoms with Crippen LogP contribution >= 0.6 is 0 Å². The van der Waals surface area contributed by atoms with E-state index >= 15 is 0 Å². The summed E-state index contributed by atoms with van der Waals surface area (Å²) in [4.78, 5) is 15.4. The quantitative estimate of drug-likeness (QED) is 0.923. The predicted molar refractivity (Wildman–Crippen MR) is 93.1 cm³/mol. The molecule has 1 heterocycles. The van der Waals surface area contributed by atoms with Gasteiger partial charge in [0.1, 0.15) is 5.41 Å². The van der Waals surface area contributed by atoms with Gasteiger partial charge in [-0.05, 0) is 37.4 Å². The molecule has 120 valence electrons. The van der Waals surface area contributed by atoms with Crippen LogP contribution in [0.2, 0.25) is 0 Å². The van der Waals surface area contributed by atoms with Crippen molar-refractivity contribution >= 4 is 5.91 Å². The molecule has 1 amide bonds. The van der Waals surface area contributed by atoms with Gasteiger partial charge in [0.25, 0.3) is 0 Å². The maximum absolute atomic E-state index is 13.4. The van der Waals surface area contributed by atoms with Crippen LogP contribution in [0.4, 0.5) is 0 Å². The first-order valence-electron chi connectivity index (χ1n) is 8.36. The molecule has 0 radical (unpaired) electrons. The zero-order valence-corrected chi connectivity index (χ0v) is 13.6. The van der Waals surface area contributed by atoms with Crippen LogP contribution in [0, 0.1) is 0 Å². The topological polar surface area (TPSA) is 46.3 Å². The van der Waals surface area contributed by atoms with Crippen molar-refractivity contribution in [1.82, 2.24) is 4.90 Å². The molecule has 0 aromatic heterocycles. The van der Waals surface area contributed by atoms with Crippen LogP contribution in [0.5, 0.6) is 0 Å². The minimum Gasteiger partial charge on any atom is -0.339 e. The van der Waals surface area contributed by atoms with Crippen molar-refractivity contribution in [3.63, 3.8) is 0 Å². The van der Waals surface area contributed by atoms with Crippen LogP contribution in [0.15, 0.2) is 60.7 Å². The minimum absolute atomic E-state index is 0.204. The van der Waals surface area contributed by atoms with Gasteiger partial charge in [0.2, 0.25) is 5.91 Å². The number of carbonyl (C=O) groups is 1. The molecule has 1 aliphatic rings. The number of nitrogens with two attached hydrogens (primary N) is 1. The van der Waals surface area contributed by atoms with Gasteiger partial charge in [-0.15, -0.1) is 0 Å². The number of likely N-dealkylation sites (tertiary alicyclic amines) is 1. The van der Waals surface area contributed by atoms with Gasteiger partial charge in [-0.1, -0.05) is 60.7 Å². The van der Waals surface area contributed by atoms with Gasteiger partial charge in [-0.25, -0.2) is 0 Å². The molecule has 1 atom stereocenters. The number of hydrogen-bond acceptors (Lipinski definition) is 2. The lowest BCUT2D eigenvalue weighted by Crippen LogP contribution is -2.40. The summed E-state index contributed by atoms with van der Waals surface area (Å²) in [6.07, 6.45) is 1.64. The third-order valence-corrected chi connectivity index (χ3v) is 4.98. The summed E-state index contributed by atoms with van der Waals surface area (Å²) in [6, 6.07) is 20.5. The molecule has 2 aromatic rings. The summed E-state index contributed by atoms with van der Waals surface area (Å²) in [5, 5.41) is 0. The number of amides is 1. The summed E-state index contributed by atoms with van der Waals surface area (Å²) < 4.78 is 0. The van der Waals surface area contributed by atoms with Crippen molar-refractivity contribution in [2.75, 3.05) is 13.1 Å². The zero-order valence-electron chi connectivity index (χ0n) is 13.6. The molecular weight excluding hydrogens is 284 g/mol. The molecule has 1 fully saturated rings. The third kappa shape index (κ3) is 2.55. The molecule has 3 rings (SSSR count). The average Bonchev–Trinajstić information content (AvgIpc) is 2.89. The van der Waals surface area contributed by atoms with E-state index in [4.69, 9.17) is 5.73 Å². The SMILES string of the molecule is CCN1C(=O)C(c2ccccc2)(c2ccccc2)CC1CCN. The molecule has 23 heavy (non-hydrogen) atoms. The number of likely N-dealkylation sites (N-methyl/N-ethyl adjacent to an activating group) is 1. The molecule has 1 unspecified atom stereocenters. The smallest absolute Gasteiger partial charge is 0.238 e. The Morgan fingerprint density at radius 3 is 2.00 bits per heavy atom. The van der Waals surface area contributed by atoms with Crippen molar-refractivity contribution < 1.29 is 4.79 Å². The standard InChI is InChI=1S/C20H24N2O/c1-2-22-18(13-14-21)15-20(19(22)23,16-9-5-3-6-10-16)17-11-7-4-8-12-17/h3-12,18H,2,13-15,21H2,1H3. The third-order valence-electron chi connectivity index (χ3n) is 4.98. The Labute approximate surface area is 138 Å². The fraction of sp³-hybridized carbons (Fsp3) is 0.350. The lowest BCUT2D eigenvalue weighted by atomic mass is 9.72. The van der Waals surface area contributed by atoms with Crippen molar-refractivity contribution in [2.24, 2.45) is 5.73 Å². The molecule has 1 saturated heterocycles. The highest BCUT2D eigenvalue weighted by molar-refractivity contribution is 5.94. The van der Waals surface area contributed by atoms with Crippen LogP contribution in [0.25, 0.3) is 0 Å². The number of nitrogens with zero attached hydrogens (tertiary/aromatic N) is 1. The van der Waals surface area contributed by atoms with E-state index in [1.807, 2.05) is 48.2 Å². The van der Waals surface area contributed by atoms with Crippen molar-refractivity contribution in [3.8, 4) is 0 Å². The minimum atomic E-state index is -0.585. The van der Waals surface area contributed by atoms with E-state index in [2.05, 4.69) is 24.3 Å². The summed E-state index contributed by atoms with van der Waals surface area (Å²) in [7, 11) is 0. The van der Waals surface area contributed by atoms with E-state index in [1.54, 1.807) is 0 Å². The fourth-order valence-corrected chi connectivity index (χ4v) is 3.91. The lowest BCUT2D eigenvalue weighted by molar-refractivity contribution is -0.132. The second-order valence-electron chi connectivity index (χ2n) is 6.16. The Bertz CT molecular complexity index is 614. The summed E-state index contributed by atoms with van der Waals surface area (Å²) >= 11 is 0. The van der Waals surface area contributed by atoms with Crippen LogP contribution in [0.3, 0.4) is 0 Å². The van der Waals surface area contributed by atoms with E-state index < -0.39 is 5.41 Å². The highest BCUT2D eigenvalue weighted by Gasteiger charge is 2.52. The average molecular weight is 308 g/mol. The largest absolute Gasteiger partial charge is 0.339 e. The summed E-state index contributed by atoms with van der Waals surface area (Å²) in [6.45, 7) is 3.38. The van der Waals surface area contributed by atoms with Crippen LogP contribution in [-0.4, -0.2) is 29.9 Å². The summed E-state index contributed by atoms with van der Waals surface area (Å²) in [5.74, 6) is 0.204. The molecule has 1 aliphatic heterocycles. The Hall–Kier alpha value is -2.13. The van der Waals surface area contributed by atoms with Gasteiger partial charge in [0.15, 0.2) is 0 Å². The van der Waals surface area contributed by atoms with Gasteiger partial charge in [-0.3, -0.25) is 4.79 Å². The van der Waals surface area contributed by atoms with E-state index in [0.29, 0.717) is 6.54 Å². The van der Waals surface area contributed by atoms with Crippen LogP contribution in [0.1, 0.15) is 30.9 Å². The molecule has 0 bridgehead atoms. The number of benzene rings is 2. The van der Waals surface area contributed by atoms with E-state index in [0.717, 1.165) is 30.5 Å². The monoisotopic (exact) mass is 308 g/mol. The van der Waals surface area contributed by atoms with Gasteiger partial charge < -0.3 is 10.6 Å².